The Bertz CT molecular complexity index is 1050. The van der Waals surface area contributed by atoms with Crippen LogP contribution in [0.4, 0.5) is 5.82 Å². The minimum atomic E-state index is -0.248. The molecule has 34 heavy (non-hydrogen) atoms. The lowest BCUT2D eigenvalue weighted by Crippen LogP contribution is -2.35. The van der Waals surface area contributed by atoms with Gasteiger partial charge in [-0.2, -0.15) is 5.26 Å². The Hall–Kier alpha value is -2.15. The number of ether oxygens (including phenoxy) is 1. The Balaban J connectivity index is 2.09. The number of hydrogen-bond acceptors (Lipinski definition) is 7. The number of anilines is 1. The smallest absolute Gasteiger partial charge is 0.270 e. The van der Waals surface area contributed by atoms with Crippen molar-refractivity contribution in [2.75, 3.05) is 37.7 Å². The van der Waals surface area contributed by atoms with Gasteiger partial charge in [0.1, 0.15) is 21.8 Å². The van der Waals surface area contributed by atoms with E-state index in [-0.39, 0.29) is 17.0 Å². The van der Waals surface area contributed by atoms with Crippen LogP contribution in [0.25, 0.3) is 6.08 Å². The molecule has 0 spiro atoms. The Labute approximate surface area is 211 Å². The van der Waals surface area contributed by atoms with Gasteiger partial charge in [0.2, 0.25) is 0 Å². The fourth-order valence-electron chi connectivity index (χ4n) is 4.49. The third-order valence-corrected chi connectivity index (χ3v) is 7.60. The zero-order valence-electron chi connectivity index (χ0n) is 20.4. The van der Waals surface area contributed by atoms with Gasteiger partial charge in [0, 0.05) is 45.0 Å². The number of hydrogen-bond donors (Lipinski definition) is 0. The molecule has 2 aliphatic rings. The predicted octanol–water partition coefficient (Wildman–Crippen LogP) is 4.45. The standard InChI is InChI=1S/C25H34N4O3S2/c1-4-11-28-22(27-12-8-6-7-9-13-27)19(18(3)20(17-26)23(28)30)16-21-24(31)29(25(33)34-21)14-10-15-32-5-2/h16H,4-15H2,1-3H3/b21-16-. The maximum absolute atomic E-state index is 13.3. The molecule has 0 unspecified atom stereocenters. The molecular formula is C25H34N4O3S2. The van der Waals surface area contributed by atoms with Gasteiger partial charge in [0.25, 0.3) is 11.5 Å². The average molecular weight is 503 g/mol. The van der Waals surface area contributed by atoms with Gasteiger partial charge in [-0.3, -0.25) is 19.1 Å². The van der Waals surface area contributed by atoms with Crippen molar-refractivity contribution < 1.29 is 9.53 Å². The Morgan fingerprint density at radius 2 is 1.85 bits per heavy atom. The number of amides is 1. The van der Waals surface area contributed by atoms with Crippen molar-refractivity contribution in [1.82, 2.24) is 9.47 Å². The van der Waals surface area contributed by atoms with Crippen LogP contribution in [0, 0.1) is 18.3 Å². The third-order valence-electron chi connectivity index (χ3n) is 6.22. The van der Waals surface area contributed by atoms with Crippen LogP contribution in [0.1, 0.15) is 69.1 Å². The maximum atomic E-state index is 13.3. The van der Waals surface area contributed by atoms with Crippen molar-refractivity contribution >= 4 is 46.1 Å². The third kappa shape index (κ3) is 5.73. The van der Waals surface area contributed by atoms with E-state index in [0.29, 0.717) is 47.5 Å². The van der Waals surface area contributed by atoms with Gasteiger partial charge in [-0.1, -0.05) is 43.7 Å². The number of thioether (sulfide) groups is 1. The van der Waals surface area contributed by atoms with E-state index in [2.05, 4.69) is 11.0 Å². The second kappa shape index (κ2) is 12.5. The summed E-state index contributed by atoms with van der Waals surface area (Å²) in [6, 6.07) is 2.12. The molecule has 0 N–H and O–H groups in total. The Morgan fingerprint density at radius 1 is 1.15 bits per heavy atom. The molecule has 1 aromatic heterocycles. The van der Waals surface area contributed by atoms with Crippen molar-refractivity contribution in [1.29, 1.82) is 5.26 Å². The molecular weight excluding hydrogens is 468 g/mol. The summed E-state index contributed by atoms with van der Waals surface area (Å²) in [6.07, 6.45) is 7.78. The van der Waals surface area contributed by atoms with Crippen LogP contribution in [0.2, 0.25) is 0 Å². The molecule has 0 aliphatic carbocycles. The largest absolute Gasteiger partial charge is 0.382 e. The van der Waals surface area contributed by atoms with E-state index < -0.39 is 0 Å². The molecule has 3 heterocycles. The van der Waals surface area contributed by atoms with E-state index in [1.807, 2.05) is 26.8 Å². The lowest BCUT2D eigenvalue weighted by atomic mass is 10.0. The molecule has 3 rings (SSSR count). The number of aromatic nitrogens is 1. The molecule has 2 fully saturated rings. The van der Waals surface area contributed by atoms with Crippen LogP contribution in [0.3, 0.4) is 0 Å². The molecule has 1 aromatic rings. The normalized spacial score (nSPS) is 18.0. The van der Waals surface area contributed by atoms with Gasteiger partial charge in [0.15, 0.2) is 0 Å². The summed E-state index contributed by atoms with van der Waals surface area (Å²) in [5.41, 5.74) is 1.30. The van der Waals surface area contributed by atoms with Gasteiger partial charge in [0.05, 0.1) is 4.91 Å². The maximum Gasteiger partial charge on any atom is 0.270 e. The highest BCUT2D eigenvalue weighted by atomic mass is 32.2. The first-order valence-electron chi connectivity index (χ1n) is 12.2. The zero-order valence-corrected chi connectivity index (χ0v) is 22.0. The minimum absolute atomic E-state index is 0.125. The number of rotatable bonds is 9. The van der Waals surface area contributed by atoms with Crippen molar-refractivity contribution in [2.24, 2.45) is 0 Å². The van der Waals surface area contributed by atoms with Gasteiger partial charge in [-0.15, -0.1) is 0 Å². The lowest BCUT2D eigenvalue weighted by Gasteiger charge is -2.29. The van der Waals surface area contributed by atoms with Crippen molar-refractivity contribution in [2.45, 2.75) is 65.8 Å². The molecule has 0 bridgehead atoms. The summed E-state index contributed by atoms with van der Waals surface area (Å²) in [7, 11) is 0. The number of pyridine rings is 1. The molecule has 0 atom stereocenters. The summed E-state index contributed by atoms with van der Waals surface area (Å²) in [6.45, 7) is 9.76. The van der Waals surface area contributed by atoms with E-state index in [1.54, 1.807) is 9.47 Å². The van der Waals surface area contributed by atoms with Gasteiger partial charge < -0.3 is 9.64 Å². The summed E-state index contributed by atoms with van der Waals surface area (Å²) in [5, 5.41) is 9.79. The van der Waals surface area contributed by atoms with Gasteiger partial charge in [-0.05, 0) is 51.2 Å². The van der Waals surface area contributed by atoms with Crippen LogP contribution < -0.4 is 10.5 Å². The molecule has 7 nitrogen and oxygen atoms in total. The highest BCUT2D eigenvalue weighted by molar-refractivity contribution is 8.26. The zero-order chi connectivity index (χ0) is 24.7. The highest BCUT2D eigenvalue weighted by Crippen LogP contribution is 2.36. The van der Waals surface area contributed by atoms with E-state index >= 15 is 0 Å². The molecule has 0 saturated carbocycles. The second-order valence-corrected chi connectivity index (χ2v) is 10.3. The molecule has 0 aromatic carbocycles. The molecule has 9 heteroatoms. The van der Waals surface area contributed by atoms with Crippen molar-refractivity contribution in [3.8, 4) is 6.07 Å². The van der Waals surface area contributed by atoms with Crippen LogP contribution in [-0.4, -0.2) is 52.5 Å². The molecule has 0 radical (unpaired) electrons. The molecule has 184 valence electrons. The average Bonchev–Trinajstić information content (AvgIpc) is 2.99. The number of carbonyl (C=O) groups is 1. The first kappa shape index (κ1) is 26.5. The number of carbonyl (C=O) groups excluding carboxylic acids is 1. The summed E-state index contributed by atoms with van der Waals surface area (Å²) >= 11 is 6.79. The van der Waals surface area contributed by atoms with Gasteiger partial charge >= 0.3 is 0 Å². The van der Waals surface area contributed by atoms with Gasteiger partial charge in [-0.25, -0.2) is 0 Å². The fraction of sp³-hybridized carbons (Fsp3) is 0.600. The monoisotopic (exact) mass is 502 g/mol. The molecule has 1 amide bonds. The topological polar surface area (TPSA) is 78.6 Å². The van der Waals surface area contributed by atoms with Crippen LogP contribution in [0.5, 0.6) is 0 Å². The highest BCUT2D eigenvalue weighted by Gasteiger charge is 2.33. The predicted molar refractivity (Wildman–Crippen MR) is 142 cm³/mol. The molecule has 2 saturated heterocycles. The van der Waals surface area contributed by atoms with E-state index in [1.165, 1.54) is 24.6 Å². The summed E-state index contributed by atoms with van der Waals surface area (Å²) in [4.78, 5) is 30.9. The Kier molecular flexibility index (Phi) is 9.74. The van der Waals surface area contributed by atoms with E-state index in [0.717, 1.165) is 43.7 Å². The second-order valence-electron chi connectivity index (χ2n) is 8.59. The van der Waals surface area contributed by atoms with Crippen molar-refractivity contribution in [3.63, 3.8) is 0 Å². The number of nitriles is 1. The van der Waals surface area contributed by atoms with Crippen LogP contribution in [-0.2, 0) is 16.1 Å². The molecule has 2 aliphatic heterocycles. The minimum Gasteiger partial charge on any atom is -0.382 e. The van der Waals surface area contributed by atoms with Crippen molar-refractivity contribution in [3.05, 3.63) is 31.9 Å². The summed E-state index contributed by atoms with van der Waals surface area (Å²) in [5.74, 6) is 0.700. The van der Waals surface area contributed by atoms with Crippen LogP contribution in [0.15, 0.2) is 9.70 Å². The lowest BCUT2D eigenvalue weighted by molar-refractivity contribution is -0.122. The SMILES string of the molecule is CCCn1c(N2CCCCCC2)c(/C=C2\SC(=S)N(CCCOCC)C2=O)c(C)c(C#N)c1=O. The van der Waals surface area contributed by atoms with E-state index in [4.69, 9.17) is 17.0 Å². The summed E-state index contributed by atoms with van der Waals surface area (Å²) < 4.78 is 7.67. The Morgan fingerprint density at radius 3 is 2.47 bits per heavy atom. The van der Waals surface area contributed by atoms with Crippen LogP contribution >= 0.6 is 24.0 Å². The number of thiocarbonyl (C=S) groups is 1. The quantitative estimate of drug-likeness (QED) is 0.280. The first-order chi connectivity index (χ1) is 16.4. The van der Waals surface area contributed by atoms with E-state index in [9.17, 15) is 14.9 Å². The fourth-order valence-corrected chi connectivity index (χ4v) is 5.78. The number of nitrogens with zero attached hydrogens (tertiary/aromatic N) is 4. The first-order valence-corrected chi connectivity index (χ1v) is 13.4.